The van der Waals surface area contributed by atoms with Crippen molar-refractivity contribution in [2.24, 2.45) is 0 Å². The molecule has 0 amide bonds. The van der Waals surface area contributed by atoms with E-state index < -0.39 is 0 Å². The van der Waals surface area contributed by atoms with Crippen LogP contribution in [0.25, 0.3) is 0 Å². The highest BCUT2D eigenvalue weighted by Crippen LogP contribution is 2.37. The van der Waals surface area contributed by atoms with Crippen LogP contribution in [-0.2, 0) is 9.53 Å². The van der Waals surface area contributed by atoms with Gasteiger partial charge in [0.1, 0.15) is 5.25 Å². The molecule has 2 aromatic rings. The first kappa shape index (κ1) is 15.6. The lowest BCUT2D eigenvalue weighted by atomic mass is 10.0. The zero-order valence-corrected chi connectivity index (χ0v) is 13.7. The van der Waals surface area contributed by atoms with Crippen LogP contribution in [0.3, 0.4) is 0 Å². The fourth-order valence-electron chi connectivity index (χ4n) is 2.27. The normalized spacial score (nSPS) is 12.0. The fraction of sp³-hybridized carbons (Fsp3) is 0.278. The van der Waals surface area contributed by atoms with Crippen molar-refractivity contribution in [1.82, 2.24) is 0 Å². The smallest absolute Gasteiger partial charge is 0.323 e. The van der Waals surface area contributed by atoms with E-state index in [-0.39, 0.29) is 11.2 Å². The lowest BCUT2D eigenvalue weighted by Gasteiger charge is -2.16. The largest absolute Gasteiger partial charge is 0.468 e. The Balaban J connectivity index is 2.34. The molecule has 0 saturated carbocycles. The third kappa shape index (κ3) is 4.11. The van der Waals surface area contributed by atoms with E-state index in [1.54, 1.807) is 0 Å². The second-order valence-corrected chi connectivity index (χ2v) is 6.43. The summed E-state index contributed by atoms with van der Waals surface area (Å²) in [5.74, 6) is -0.217. The number of benzene rings is 2. The minimum atomic E-state index is -0.337. The van der Waals surface area contributed by atoms with Crippen molar-refractivity contribution in [2.45, 2.75) is 30.9 Å². The van der Waals surface area contributed by atoms with Crippen LogP contribution in [0.15, 0.2) is 47.4 Å². The summed E-state index contributed by atoms with van der Waals surface area (Å²) in [5, 5.41) is -0.337. The molecule has 0 bridgehead atoms. The number of esters is 1. The van der Waals surface area contributed by atoms with Crippen molar-refractivity contribution in [1.29, 1.82) is 0 Å². The molecule has 1 atom stereocenters. The summed E-state index contributed by atoms with van der Waals surface area (Å²) >= 11 is 1.53. The summed E-state index contributed by atoms with van der Waals surface area (Å²) < 4.78 is 4.98. The molecule has 2 aromatic carbocycles. The molecule has 0 aliphatic rings. The quantitative estimate of drug-likeness (QED) is 0.609. The lowest BCUT2D eigenvalue weighted by molar-refractivity contribution is -0.140. The number of carbonyl (C=O) groups is 1. The van der Waals surface area contributed by atoms with Gasteiger partial charge in [0, 0.05) is 4.90 Å². The number of rotatable bonds is 4. The molecule has 2 rings (SSSR count). The van der Waals surface area contributed by atoms with Crippen LogP contribution < -0.4 is 0 Å². The Morgan fingerprint density at radius 2 is 1.52 bits per heavy atom. The van der Waals surface area contributed by atoms with Gasteiger partial charge < -0.3 is 4.74 Å². The maximum Gasteiger partial charge on any atom is 0.323 e. The van der Waals surface area contributed by atoms with E-state index in [1.165, 1.54) is 24.4 Å². The number of ether oxygens (including phenoxy) is 1. The minimum Gasteiger partial charge on any atom is -0.468 e. The first-order valence-corrected chi connectivity index (χ1v) is 7.77. The van der Waals surface area contributed by atoms with E-state index in [0.717, 1.165) is 21.6 Å². The Kier molecular flexibility index (Phi) is 5.07. The van der Waals surface area contributed by atoms with Crippen LogP contribution in [0, 0.1) is 20.8 Å². The van der Waals surface area contributed by atoms with Crippen LogP contribution in [0.4, 0.5) is 0 Å². The maximum absolute atomic E-state index is 12.2. The molecule has 3 heteroatoms. The van der Waals surface area contributed by atoms with Gasteiger partial charge in [0.15, 0.2) is 0 Å². The van der Waals surface area contributed by atoms with Gasteiger partial charge in [-0.25, -0.2) is 0 Å². The number of aryl methyl sites for hydroxylation is 3. The summed E-state index contributed by atoms with van der Waals surface area (Å²) in [5.41, 5.74) is 4.51. The van der Waals surface area contributed by atoms with Crippen molar-refractivity contribution in [3.05, 3.63) is 64.7 Å². The van der Waals surface area contributed by atoms with Crippen molar-refractivity contribution in [2.75, 3.05) is 7.11 Å². The average molecular weight is 300 g/mol. The molecule has 21 heavy (non-hydrogen) atoms. The molecule has 0 radical (unpaired) electrons. The van der Waals surface area contributed by atoms with Crippen LogP contribution in [-0.4, -0.2) is 13.1 Å². The molecule has 0 aromatic heterocycles. The monoisotopic (exact) mass is 300 g/mol. The average Bonchev–Trinajstić information content (AvgIpc) is 2.44. The SMILES string of the molecule is COC(=O)C(Sc1ccc(C)cc1)c1cc(C)cc(C)c1. The molecule has 0 spiro atoms. The number of hydrogen-bond acceptors (Lipinski definition) is 3. The van der Waals surface area contributed by atoms with E-state index in [9.17, 15) is 4.79 Å². The predicted octanol–water partition coefficient (Wildman–Crippen LogP) is 4.62. The van der Waals surface area contributed by atoms with Gasteiger partial charge in [-0.3, -0.25) is 4.79 Å². The Morgan fingerprint density at radius 3 is 2.05 bits per heavy atom. The zero-order chi connectivity index (χ0) is 15.4. The maximum atomic E-state index is 12.2. The highest BCUT2D eigenvalue weighted by Gasteiger charge is 2.23. The topological polar surface area (TPSA) is 26.3 Å². The van der Waals surface area contributed by atoms with Crippen LogP contribution in [0.1, 0.15) is 27.5 Å². The van der Waals surface area contributed by atoms with E-state index >= 15 is 0 Å². The minimum absolute atomic E-state index is 0.217. The number of thioether (sulfide) groups is 1. The predicted molar refractivity (Wildman–Crippen MR) is 87.7 cm³/mol. The second-order valence-electron chi connectivity index (χ2n) is 5.26. The molecule has 1 unspecified atom stereocenters. The van der Waals surface area contributed by atoms with E-state index in [4.69, 9.17) is 4.74 Å². The van der Waals surface area contributed by atoms with Crippen LogP contribution in [0.2, 0.25) is 0 Å². The molecule has 2 nitrogen and oxygen atoms in total. The summed E-state index contributed by atoms with van der Waals surface area (Å²) in [4.78, 5) is 13.2. The van der Waals surface area contributed by atoms with Gasteiger partial charge in [0.2, 0.25) is 0 Å². The summed E-state index contributed by atoms with van der Waals surface area (Å²) in [7, 11) is 1.44. The standard InChI is InChI=1S/C18H20O2S/c1-12-5-7-16(8-6-12)21-17(18(19)20-4)15-10-13(2)9-14(3)11-15/h5-11,17H,1-4H3. The molecule has 0 N–H and O–H groups in total. The Bertz CT molecular complexity index is 612. The van der Waals surface area contributed by atoms with Crippen molar-refractivity contribution in [3.63, 3.8) is 0 Å². The Morgan fingerprint density at radius 1 is 0.952 bits per heavy atom. The van der Waals surface area contributed by atoms with Gasteiger partial charge in [-0.15, -0.1) is 11.8 Å². The van der Waals surface area contributed by atoms with Gasteiger partial charge in [-0.2, -0.15) is 0 Å². The van der Waals surface area contributed by atoms with Gasteiger partial charge in [0.05, 0.1) is 7.11 Å². The van der Waals surface area contributed by atoms with Gasteiger partial charge in [0.25, 0.3) is 0 Å². The van der Waals surface area contributed by atoms with Gasteiger partial charge in [-0.1, -0.05) is 47.0 Å². The second kappa shape index (κ2) is 6.81. The molecule has 0 saturated heterocycles. The molecule has 0 heterocycles. The molecule has 110 valence electrons. The first-order chi connectivity index (χ1) is 9.99. The van der Waals surface area contributed by atoms with Crippen molar-refractivity contribution in [3.8, 4) is 0 Å². The summed E-state index contributed by atoms with van der Waals surface area (Å²) in [6.45, 7) is 6.14. The molecule has 0 aliphatic carbocycles. The van der Waals surface area contributed by atoms with E-state index in [1.807, 2.05) is 26.0 Å². The fourth-order valence-corrected chi connectivity index (χ4v) is 3.30. The molecule has 0 fully saturated rings. The third-order valence-corrected chi connectivity index (χ3v) is 4.48. The summed E-state index contributed by atoms with van der Waals surface area (Å²) in [6, 6.07) is 14.4. The number of hydrogen-bond donors (Lipinski definition) is 0. The third-order valence-electron chi connectivity index (χ3n) is 3.24. The Labute approximate surface area is 130 Å². The van der Waals surface area contributed by atoms with E-state index in [2.05, 4.69) is 37.3 Å². The molecule has 0 aliphatic heterocycles. The van der Waals surface area contributed by atoms with Crippen molar-refractivity contribution >= 4 is 17.7 Å². The first-order valence-electron chi connectivity index (χ1n) is 6.89. The van der Waals surface area contributed by atoms with E-state index in [0.29, 0.717) is 0 Å². The van der Waals surface area contributed by atoms with Crippen LogP contribution >= 0.6 is 11.8 Å². The lowest BCUT2D eigenvalue weighted by Crippen LogP contribution is -2.11. The molecular weight excluding hydrogens is 280 g/mol. The van der Waals surface area contributed by atoms with Gasteiger partial charge in [-0.05, 0) is 38.5 Å². The number of methoxy groups -OCH3 is 1. The molecular formula is C18H20O2S. The van der Waals surface area contributed by atoms with Crippen molar-refractivity contribution < 1.29 is 9.53 Å². The summed E-state index contributed by atoms with van der Waals surface area (Å²) in [6.07, 6.45) is 0. The highest BCUT2D eigenvalue weighted by atomic mass is 32.2. The zero-order valence-electron chi connectivity index (χ0n) is 12.8. The van der Waals surface area contributed by atoms with Gasteiger partial charge >= 0.3 is 5.97 Å². The Hall–Kier alpha value is -1.74. The highest BCUT2D eigenvalue weighted by molar-refractivity contribution is 8.00. The number of carbonyl (C=O) groups excluding carboxylic acids is 1. The van der Waals surface area contributed by atoms with Crippen LogP contribution in [0.5, 0.6) is 0 Å².